The number of amides is 1. The molecule has 1 N–H and O–H groups in total. The first-order chi connectivity index (χ1) is 12.3. The third-order valence-electron chi connectivity index (χ3n) is 3.98. The second kappa shape index (κ2) is 9.12. The molecular formula is C19H23FN2O4. The molecule has 1 aromatic heterocycles. The van der Waals surface area contributed by atoms with Gasteiger partial charge in [0.15, 0.2) is 18.3 Å². The van der Waals surface area contributed by atoms with E-state index in [-0.39, 0.29) is 37.2 Å². The lowest BCUT2D eigenvalue weighted by Gasteiger charge is -2.17. The fourth-order valence-corrected chi connectivity index (χ4v) is 2.06. The summed E-state index contributed by atoms with van der Waals surface area (Å²) in [7, 11) is 0. The van der Waals surface area contributed by atoms with Crippen molar-refractivity contribution >= 4 is 11.9 Å². The van der Waals surface area contributed by atoms with E-state index in [9.17, 15) is 14.0 Å². The number of nitrogens with one attached hydrogen (secondary N) is 1. The summed E-state index contributed by atoms with van der Waals surface area (Å²) in [6.07, 6.45) is 1.83. The van der Waals surface area contributed by atoms with E-state index >= 15 is 0 Å². The minimum Gasteiger partial charge on any atom is -0.456 e. The van der Waals surface area contributed by atoms with Crippen molar-refractivity contribution in [3.8, 4) is 11.3 Å². The highest BCUT2D eigenvalue weighted by Crippen LogP contribution is 2.21. The monoisotopic (exact) mass is 362 g/mol. The van der Waals surface area contributed by atoms with Crippen LogP contribution in [-0.4, -0.2) is 29.5 Å². The van der Waals surface area contributed by atoms with Gasteiger partial charge < -0.3 is 14.5 Å². The molecule has 0 aliphatic carbocycles. The number of carbonyl (C=O) groups excluding carboxylic acids is 2. The lowest BCUT2D eigenvalue weighted by molar-refractivity contribution is -0.148. The largest absolute Gasteiger partial charge is 0.456 e. The lowest BCUT2D eigenvalue weighted by Crippen LogP contribution is -2.38. The number of rotatable bonds is 8. The zero-order chi connectivity index (χ0) is 19.1. The fraction of sp³-hybridized carbons (Fsp3) is 0.421. The highest BCUT2D eigenvalue weighted by atomic mass is 19.1. The summed E-state index contributed by atoms with van der Waals surface area (Å²) in [5, 5.41) is 2.76. The van der Waals surface area contributed by atoms with E-state index in [1.807, 2.05) is 20.8 Å². The van der Waals surface area contributed by atoms with E-state index < -0.39 is 5.97 Å². The number of esters is 1. The summed E-state index contributed by atoms with van der Waals surface area (Å²) >= 11 is 0. The van der Waals surface area contributed by atoms with Crippen LogP contribution in [0.3, 0.4) is 0 Å². The van der Waals surface area contributed by atoms with Crippen LogP contribution in [0.25, 0.3) is 11.3 Å². The summed E-state index contributed by atoms with van der Waals surface area (Å²) in [4.78, 5) is 27.5. The number of oxazole rings is 1. The van der Waals surface area contributed by atoms with E-state index in [4.69, 9.17) is 9.15 Å². The van der Waals surface area contributed by atoms with Gasteiger partial charge in [-0.15, -0.1) is 0 Å². The molecule has 0 aliphatic rings. The van der Waals surface area contributed by atoms with Crippen LogP contribution in [0, 0.1) is 11.7 Å². The van der Waals surface area contributed by atoms with Gasteiger partial charge in [0.2, 0.25) is 0 Å². The Morgan fingerprint density at radius 3 is 2.58 bits per heavy atom. The van der Waals surface area contributed by atoms with Gasteiger partial charge in [-0.1, -0.05) is 13.8 Å². The molecule has 0 fully saturated rings. The summed E-state index contributed by atoms with van der Waals surface area (Å²) in [6.45, 7) is 5.58. The molecule has 0 bridgehead atoms. The number of aromatic nitrogens is 1. The lowest BCUT2D eigenvalue weighted by atomic mass is 10.1. The maximum Gasteiger partial charge on any atom is 0.306 e. The minimum atomic E-state index is -0.501. The van der Waals surface area contributed by atoms with Crippen molar-refractivity contribution in [2.24, 2.45) is 5.92 Å². The SMILES string of the molecule is CC(C)C(C)NC(=O)COC(=O)CCc1ncc(-c2ccc(F)cc2)o1. The van der Waals surface area contributed by atoms with Crippen LogP contribution in [0.4, 0.5) is 4.39 Å². The molecule has 1 heterocycles. The Labute approximate surface area is 151 Å². The molecule has 0 aliphatic heterocycles. The van der Waals surface area contributed by atoms with Crippen molar-refractivity contribution in [1.82, 2.24) is 10.3 Å². The first-order valence-electron chi connectivity index (χ1n) is 8.50. The van der Waals surface area contributed by atoms with Crippen LogP contribution in [-0.2, 0) is 20.7 Å². The van der Waals surface area contributed by atoms with Gasteiger partial charge in [0, 0.05) is 18.0 Å². The highest BCUT2D eigenvalue weighted by molar-refractivity contribution is 5.80. The molecule has 26 heavy (non-hydrogen) atoms. The smallest absolute Gasteiger partial charge is 0.306 e. The summed E-state index contributed by atoms with van der Waals surface area (Å²) in [5.74, 6) is 0.0146. The van der Waals surface area contributed by atoms with Crippen LogP contribution in [0.2, 0.25) is 0 Å². The number of hydrogen-bond donors (Lipinski definition) is 1. The normalized spacial score (nSPS) is 12.0. The second-order valence-corrected chi connectivity index (χ2v) is 6.39. The van der Waals surface area contributed by atoms with Crippen molar-refractivity contribution in [3.05, 3.63) is 42.2 Å². The van der Waals surface area contributed by atoms with E-state index in [0.29, 0.717) is 23.1 Å². The average molecular weight is 362 g/mol. The number of nitrogens with zero attached hydrogens (tertiary/aromatic N) is 1. The van der Waals surface area contributed by atoms with Gasteiger partial charge in [0.05, 0.1) is 12.6 Å². The van der Waals surface area contributed by atoms with Crippen LogP contribution in [0.15, 0.2) is 34.9 Å². The molecule has 1 unspecified atom stereocenters. The van der Waals surface area contributed by atoms with Crippen molar-refractivity contribution in [2.75, 3.05) is 6.61 Å². The summed E-state index contributed by atoms with van der Waals surface area (Å²) in [6, 6.07) is 5.86. The maximum atomic E-state index is 12.9. The standard InChI is InChI=1S/C19H23FN2O4/c1-12(2)13(3)22-17(23)11-25-19(24)9-8-18-21-10-16(26-18)14-4-6-15(20)7-5-14/h4-7,10,12-13H,8-9,11H2,1-3H3,(H,22,23). The van der Waals surface area contributed by atoms with E-state index in [0.717, 1.165) is 0 Å². The Morgan fingerprint density at radius 2 is 1.92 bits per heavy atom. The van der Waals surface area contributed by atoms with Crippen LogP contribution < -0.4 is 5.32 Å². The predicted octanol–water partition coefficient (Wildman–Crippen LogP) is 3.12. The van der Waals surface area contributed by atoms with Crippen molar-refractivity contribution in [3.63, 3.8) is 0 Å². The number of hydrogen-bond acceptors (Lipinski definition) is 5. The molecule has 2 rings (SSSR count). The summed E-state index contributed by atoms with van der Waals surface area (Å²) < 4.78 is 23.4. The quantitative estimate of drug-likeness (QED) is 0.730. The Hall–Kier alpha value is -2.70. The molecule has 1 aromatic carbocycles. The topological polar surface area (TPSA) is 81.4 Å². The zero-order valence-corrected chi connectivity index (χ0v) is 15.1. The number of benzene rings is 1. The molecule has 0 saturated carbocycles. The average Bonchev–Trinajstić information content (AvgIpc) is 3.07. The third kappa shape index (κ3) is 5.98. The van der Waals surface area contributed by atoms with Gasteiger partial charge in [0.1, 0.15) is 5.82 Å². The number of halogens is 1. The van der Waals surface area contributed by atoms with Crippen molar-refractivity contribution < 1.29 is 23.1 Å². The molecule has 7 heteroatoms. The molecule has 2 aromatic rings. The zero-order valence-electron chi connectivity index (χ0n) is 15.1. The van der Waals surface area contributed by atoms with Gasteiger partial charge >= 0.3 is 5.97 Å². The van der Waals surface area contributed by atoms with Crippen LogP contribution >= 0.6 is 0 Å². The molecule has 0 radical (unpaired) electrons. The molecule has 140 valence electrons. The molecule has 0 spiro atoms. The maximum absolute atomic E-state index is 12.9. The van der Waals surface area contributed by atoms with Crippen molar-refractivity contribution in [2.45, 2.75) is 39.7 Å². The highest BCUT2D eigenvalue weighted by Gasteiger charge is 2.14. The Kier molecular flexibility index (Phi) is 6.89. The number of aryl methyl sites for hydroxylation is 1. The molecule has 1 amide bonds. The Balaban J connectivity index is 1.76. The van der Waals surface area contributed by atoms with Crippen LogP contribution in [0.1, 0.15) is 33.1 Å². The predicted molar refractivity (Wildman–Crippen MR) is 93.6 cm³/mol. The minimum absolute atomic E-state index is 0.0124. The first-order valence-corrected chi connectivity index (χ1v) is 8.50. The molecule has 1 atom stereocenters. The summed E-state index contributed by atoms with van der Waals surface area (Å²) in [5.41, 5.74) is 0.698. The Morgan fingerprint density at radius 1 is 1.23 bits per heavy atom. The van der Waals surface area contributed by atoms with E-state index in [2.05, 4.69) is 10.3 Å². The number of ether oxygens (including phenoxy) is 1. The molecule has 6 nitrogen and oxygen atoms in total. The van der Waals surface area contributed by atoms with Crippen LogP contribution in [0.5, 0.6) is 0 Å². The molecule has 0 saturated heterocycles. The number of carbonyl (C=O) groups is 2. The van der Waals surface area contributed by atoms with E-state index in [1.165, 1.54) is 18.3 Å². The van der Waals surface area contributed by atoms with Gasteiger partial charge in [-0.05, 0) is 37.1 Å². The third-order valence-corrected chi connectivity index (χ3v) is 3.98. The second-order valence-electron chi connectivity index (χ2n) is 6.39. The van der Waals surface area contributed by atoms with Gasteiger partial charge in [0.25, 0.3) is 5.91 Å². The van der Waals surface area contributed by atoms with Gasteiger partial charge in [-0.3, -0.25) is 9.59 Å². The van der Waals surface area contributed by atoms with Crippen molar-refractivity contribution in [1.29, 1.82) is 0 Å². The molecular weight excluding hydrogens is 339 g/mol. The van der Waals surface area contributed by atoms with Gasteiger partial charge in [-0.2, -0.15) is 0 Å². The fourth-order valence-electron chi connectivity index (χ4n) is 2.06. The van der Waals surface area contributed by atoms with Gasteiger partial charge in [-0.25, -0.2) is 9.37 Å². The Bertz CT molecular complexity index is 740. The first kappa shape index (κ1) is 19.6. The van der Waals surface area contributed by atoms with E-state index in [1.54, 1.807) is 12.1 Å².